The highest BCUT2D eigenvalue weighted by atomic mass is 19.3. The molecule has 0 saturated carbocycles. The predicted octanol–water partition coefficient (Wildman–Crippen LogP) is 2.92. The lowest BCUT2D eigenvalue weighted by Crippen LogP contribution is -2.29. The zero-order valence-corrected chi connectivity index (χ0v) is 17.0. The quantitative estimate of drug-likeness (QED) is 0.530. The molecule has 0 radical (unpaired) electrons. The summed E-state index contributed by atoms with van der Waals surface area (Å²) in [5.74, 6) is 0.682. The maximum absolute atomic E-state index is 12.4. The van der Waals surface area contributed by atoms with E-state index in [-0.39, 0.29) is 24.0 Å². The molecule has 164 valence electrons. The van der Waals surface area contributed by atoms with Crippen molar-refractivity contribution in [1.29, 1.82) is 0 Å². The number of hydrogen-bond donors (Lipinski definition) is 1. The van der Waals surface area contributed by atoms with Gasteiger partial charge in [0.05, 0.1) is 20.4 Å². The number of ether oxygens (including phenoxy) is 3. The van der Waals surface area contributed by atoms with Crippen LogP contribution in [0.5, 0.6) is 17.2 Å². The summed E-state index contributed by atoms with van der Waals surface area (Å²) in [6, 6.07) is 12.0. The molecule has 1 heterocycles. The van der Waals surface area contributed by atoms with Crippen LogP contribution in [-0.2, 0) is 17.8 Å². The van der Waals surface area contributed by atoms with Crippen molar-refractivity contribution in [3.63, 3.8) is 0 Å². The van der Waals surface area contributed by atoms with E-state index in [2.05, 4.69) is 20.4 Å². The van der Waals surface area contributed by atoms with Crippen LogP contribution in [0.2, 0.25) is 0 Å². The second-order valence-corrected chi connectivity index (χ2v) is 6.49. The van der Waals surface area contributed by atoms with E-state index in [1.54, 1.807) is 25.4 Å². The third-order valence-corrected chi connectivity index (χ3v) is 4.41. The average Bonchev–Trinajstić information content (AvgIpc) is 3.22. The second kappa shape index (κ2) is 10.4. The Morgan fingerprint density at radius 3 is 2.55 bits per heavy atom. The zero-order valence-electron chi connectivity index (χ0n) is 17.0. The van der Waals surface area contributed by atoms with E-state index in [1.807, 2.05) is 24.3 Å². The maximum atomic E-state index is 12.4. The number of carbonyl (C=O) groups is 1. The van der Waals surface area contributed by atoms with Crippen LogP contribution in [-0.4, -0.2) is 48.3 Å². The number of rotatable bonds is 10. The number of aromatic nitrogens is 3. The molecule has 0 fully saturated rings. The van der Waals surface area contributed by atoms with Crippen molar-refractivity contribution in [3.8, 4) is 28.5 Å². The Bertz CT molecular complexity index is 1010. The number of amides is 1. The minimum atomic E-state index is -2.93. The first-order valence-electron chi connectivity index (χ1n) is 9.41. The standard InChI is InChI=1S/C21H22F2N4O4/c1-29-16-6-4-15(5-7-16)17-12-27(26-25-17)13-20(28)24-10-9-14-3-8-18(31-21(22)23)19(11-14)30-2/h3-8,11-12,21H,9-10,13H2,1-2H3,(H,24,28). The lowest BCUT2D eigenvalue weighted by molar-refractivity contribution is -0.121. The van der Waals surface area contributed by atoms with Crippen LogP contribution in [0.1, 0.15) is 5.56 Å². The van der Waals surface area contributed by atoms with Gasteiger partial charge in [0.1, 0.15) is 18.0 Å². The van der Waals surface area contributed by atoms with Gasteiger partial charge in [-0.25, -0.2) is 4.68 Å². The smallest absolute Gasteiger partial charge is 0.387 e. The Hall–Kier alpha value is -3.69. The highest BCUT2D eigenvalue weighted by Crippen LogP contribution is 2.29. The van der Waals surface area contributed by atoms with Gasteiger partial charge in [0.2, 0.25) is 5.91 Å². The van der Waals surface area contributed by atoms with Crippen molar-refractivity contribution in [2.45, 2.75) is 19.6 Å². The number of methoxy groups -OCH3 is 2. The summed E-state index contributed by atoms with van der Waals surface area (Å²) in [6.45, 7) is -2.55. The first-order chi connectivity index (χ1) is 15.0. The summed E-state index contributed by atoms with van der Waals surface area (Å²) in [7, 11) is 2.97. The monoisotopic (exact) mass is 432 g/mol. The van der Waals surface area contributed by atoms with Gasteiger partial charge < -0.3 is 19.5 Å². The summed E-state index contributed by atoms with van der Waals surface area (Å²) in [6.07, 6.45) is 2.18. The van der Waals surface area contributed by atoms with E-state index in [0.29, 0.717) is 18.7 Å². The largest absolute Gasteiger partial charge is 0.497 e. The Morgan fingerprint density at radius 1 is 1.10 bits per heavy atom. The first kappa shape index (κ1) is 22.0. The van der Waals surface area contributed by atoms with Gasteiger partial charge in [-0.2, -0.15) is 8.78 Å². The molecule has 1 N–H and O–H groups in total. The summed E-state index contributed by atoms with van der Waals surface area (Å²) in [5.41, 5.74) is 2.32. The van der Waals surface area contributed by atoms with Gasteiger partial charge in [0.25, 0.3) is 0 Å². The lowest BCUT2D eigenvalue weighted by atomic mass is 10.1. The number of halogens is 2. The zero-order chi connectivity index (χ0) is 22.2. The molecule has 8 nitrogen and oxygen atoms in total. The highest BCUT2D eigenvalue weighted by Gasteiger charge is 2.12. The molecule has 0 saturated heterocycles. The van der Waals surface area contributed by atoms with Crippen LogP contribution >= 0.6 is 0 Å². The van der Waals surface area contributed by atoms with Crippen molar-refractivity contribution < 1.29 is 27.8 Å². The van der Waals surface area contributed by atoms with Crippen molar-refractivity contribution in [3.05, 3.63) is 54.2 Å². The molecule has 31 heavy (non-hydrogen) atoms. The summed E-state index contributed by atoms with van der Waals surface area (Å²) < 4.78 is 40.8. The number of nitrogens with one attached hydrogen (secondary N) is 1. The van der Waals surface area contributed by atoms with E-state index in [9.17, 15) is 13.6 Å². The van der Waals surface area contributed by atoms with Gasteiger partial charge in [-0.3, -0.25) is 4.79 Å². The second-order valence-electron chi connectivity index (χ2n) is 6.49. The molecule has 0 aliphatic heterocycles. The van der Waals surface area contributed by atoms with Gasteiger partial charge in [-0.1, -0.05) is 11.3 Å². The van der Waals surface area contributed by atoms with Crippen LogP contribution in [0, 0.1) is 0 Å². The molecule has 0 aliphatic carbocycles. The summed E-state index contributed by atoms with van der Waals surface area (Å²) >= 11 is 0. The topological polar surface area (TPSA) is 87.5 Å². The van der Waals surface area contributed by atoms with Crippen LogP contribution in [0.15, 0.2) is 48.7 Å². The predicted molar refractivity (Wildman–Crippen MR) is 108 cm³/mol. The van der Waals surface area contributed by atoms with E-state index in [1.165, 1.54) is 17.9 Å². The van der Waals surface area contributed by atoms with Crippen molar-refractivity contribution in [2.24, 2.45) is 0 Å². The SMILES string of the molecule is COc1ccc(-c2cn(CC(=O)NCCc3ccc(OC(F)F)c(OC)c3)nn2)cc1. The fourth-order valence-electron chi connectivity index (χ4n) is 2.88. The van der Waals surface area contributed by atoms with Gasteiger partial charge >= 0.3 is 6.61 Å². The Kier molecular flexibility index (Phi) is 7.36. The Labute approximate surface area is 177 Å². The summed E-state index contributed by atoms with van der Waals surface area (Å²) in [4.78, 5) is 12.2. The van der Waals surface area contributed by atoms with Crippen LogP contribution < -0.4 is 19.5 Å². The molecule has 0 unspecified atom stereocenters. The van der Waals surface area contributed by atoms with E-state index >= 15 is 0 Å². The van der Waals surface area contributed by atoms with E-state index in [4.69, 9.17) is 9.47 Å². The molecule has 0 spiro atoms. The van der Waals surface area contributed by atoms with Gasteiger partial charge in [-0.15, -0.1) is 5.10 Å². The fourth-order valence-corrected chi connectivity index (χ4v) is 2.88. The molecule has 1 aromatic heterocycles. The van der Waals surface area contributed by atoms with Crippen molar-refractivity contribution in [1.82, 2.24) is 20.3 Å². The van der Waals surface area contributed by atoms with Gasteiger partial charge in [-0.05, 0) is 48.4 Å². The average molecular weight is 432 g/mol. The van der Waals surface area contributed by atoms with Crippen LogP contribution in [0.4, 0.5) is 8.78 Å². The Morgan fingerprint density at radius 2 is 1.87 bits per heavy atom. The van der Waals surface area contributed by atoms with E-state index in [0.717, 1.165) is 16.9 Å². The third kappa shape index (κ3) is 6.14. The lowest BCUT2D eigenvalue weighted by Gasteiger charge is -2.11. The molecular formula is C21H22F2N4O4. The van der Waals surface area contributed by atoms with Gasteiger partial charge in [0.15, 0.2) is 11.5 Å². The molecular weight excluding hydrogens is 410 g/mol. The number of carbonyl (C=O) groups excluding carboxylic acids is 1. The summed E-state index contributed by atoms with van der Waals surface area (Å²) in [5, 5.41) is 10.9. The minimum absolute atomic E-state index is 0.0215. The first-order valence-corrected chi connectivity index (χ1v) is 9.41. The maximum Gasteiger partial charge on any atom is 0.387 e. The van der Waals surface area contributed by atoms with E-state index < -0.39 is 6.61 Å². The number of benzene rings is 2. The Balaban J connectivity index is 1.50. The molecule has 10 heteroatoms. The molecule has 3 rings (SSSR count). The molecule has 0 atom stereocenters. The molecule has 2 aromatic carbocycles. The highest BCUT2D eigenvalue weighted by molar-refractivity contribution is 5.75. The molecule has 3 aromatic rings. The number of nitrogens with zero attached hydrogens (tertiary/aromatic N) is 3. The van der Waals surface area contributed by atoms with Crippen LogP contribution in [0.25, 0.3) is 11.3 Å². The van der Waals surface area contributed by atoms with Gasteiger partial charge in [0, 0.05) is 12.1 Å². The molecule has 0 bridgehead atoms. The number of alkyl halides is 2. The van der Waals surface area contributed by atoms with Crippen LogP contribution in [0.3, 0.4) is 0 Å². The third-order valence-electron chi connectivity index (χ3n) is 4.41. The molecule has 0 aliphatic rings. The van der Waals surface area contributed by atoms with Crippen molar-refractivity contribution >= 4 is 5.91 Å². The number of hydrogen-bond acceptors (Lipinski definition) is 6. The van der Waals surface area contributed by atoms with Crippen molar-refractivity contribution in [2.75, 3.05) is 20.8 Å². The fraction of sp³-hybridized carbons (Fsp3) is 0.286. The minimum Gasteiger partial charge on any atom is -0.497 e. The normalized spacial score (nSPS) is 10.7. The molecule has 1 amide bonds.